The molecule has 0 aromatic heterocycles. The molecule has 0 radical (unpaired) electrons. The molecule has 2 N–H and O–H groups in total. The highest BCUT2D eigenvalue weighted by molar-refractivity contribution is 5.96. The third-order valence-corrected chi connectivity index (χ3v) is 4.82. The highest BCUT2D eigenvalue weighted by Gasteiger charge is 2.44. The van der Waals surface area contributed by atoms with Gasteiger partial charge in [0.2, 0.25) is 5.91 Å². The highest BCUT2D eigenvalue weighted by atomic mass is 19.1. The fraction of sp³-hybridized carbons (Fsp3) is 0.550. The zero-order valence-electron chi connectivity index (χ0n) is 16.5. The van der Waals surface area contributed by atoms with E-state index in [0.717, 1.165) is 6.07 Å². The Bertz CT molecular complexity index is 748. The molecule has 0 saturated carbocycles. The molecule has 1 unspecified atom stereocenters. The smallest absolute Gasteiger partial charge is 0.313 e. The fourth-order valence-corrected chi connectivity index (χ4v) is 3.44. The number of likely N-dealkylation sites (tertiary alicyclic amines) is 1. The molecule has 0 bridgehead atoms. The molecule has 1 aliphatic heterocycles. The van der Waals surface area contributed by atoms with E-state index in [0.29, 0.717) is 19.4 Å². The summed E-state index contributed by atoms with van der Waals surface area (Å²) in [5.74, 6) is -2.32. The molecule has 8 heteroatoms. The molecule has 0 spiro atoms. The minimum absolute atomic E-state index is 0.00128. The van der Waals surface area contributed by atoms with Gasteiger partial charge in [0.05, 0.1) is 12.3 Å². The number of ether oxygens (including phenoxy) is 1. The molecule has 1 atom stereocenters. The summed E-state index contributed by atoms with van der Waals surface area (Å²) in [5, 5.41) is 12.1. The van der Waals surface area contributed by atoms with Gasteiger partial charge in [0, 0.05) is 32.2 Å². The molecule has 2 amide bonds. The normalized spacial score (nSPS) is 19.5. The number of aliphatic carboxylic acids is 1. The van der Waals surface area contributed by atoms with Crippen molar-refractivity contribution in [3.8, 4) is 0 Å². The number of carboxylic acid groups (broad SMARTS) is 1. The van der Waals surface area contributed by atoms with Gasteiger partial charge >= 0.3 is 5.97 Å². The van der Waals surface area contributed by atoms with Crippen LogP contribution in [-0.2, 0) is 14.3 Å². The molecule has 28 heavy (non-hydrogen) atoms. The molecule has 1 aromatic rings. The summed E-state index contributed by atoms with van der Waals surface area (Å²) in [7, 11) is 1.42. The van der Waals surface area contributed by atoms with Crippen LogP contribution >= 0.6 is 0 Å². The van der Waals surface area contributed by atoms with Crippen LogP contribution in [-0.4, -0.2) is 54.6 Å². The second-order valence-electron chi connectivity index (χ2n) is 7.69. The van der Waals surface area contributed by atoms with Crippen molar-refractivity contribution in [2.24, 2.45) is 11.3 Å². The van der Waals surface area contributed by atoms with Crippen molar-refractivity contribution in [3.63, 3.8) is 0 Å². The van der Waals surface area contributed by atoms with Gasteiger partial charge in [-0.1, -0.05) is 13.8 Å². The molecule has 1 aromatic carbocycles. The van der Waals surface area contributed by atoms with Crippen LogP contribution in [0.1, 0.15) is 43.5 Å². The lowest BCUT2D eigenvalue weighted by atomic mass is 9.80. The number of halogens is 1. The number of rotatable bonds is 7. The standard InChI is InChI=1S/C20H27FN2O5/c1-13(2)9-17(24)22-16-6-5-14(10-15(16)21)18(25)23-8-4-7-20(11-23,12-28-3)19(26)27/h5-6,10,13H,4,7-9,11-12H2,1-3H3,(H,22,24)(H,26,27). The molecule has 1 saturated heterocycles. The van der Waals surface area contributed by atoms with Crippen LogP contribution in [0.15, 0.2) is 18.2 Å². The average Bonchev–Trinajstić information content (AvgIpc) is 2.62. The van der Waals surface area contributed by atoms with E-state index in [2.05, 4.69) is 5.32 Å². The predicted molar refractivity (Wildman–Crippen MR) is 102 cm³/mol. The monoisotopic (exact) mass is 394 g/mol. The lowest BCUT2D eigenvalue weighted by Gasteiger charge is -2.39. The van der Waals surface area contributed by atoms with Crippen LogP contribution in [0, 0.1) is 17.2 Å². The van der Waals surface area contributed by atoms with Gasteiger partial charge in [-0.3, -0.25) is 14.4 Å². The summed E-state index contributed by atoms with van der Waals surface area (Å²) >= 11 is 0. The van der Waals surface area contributed by atoms with Crippen molar-refractivity contribution in [3.05, 3.63) is 29.6 Å². The zero-order valence-corrected chi connectivity index (χ0v) is 16.5. The van der Waals surface area contributed by atoms with E-state index in [1.807, 2.05) is 13.8 Å². The van der Waals surface area contributed by atoms with Crippen molar-refractivity contribution in [1.29, 1.82) is 0 Å². The number of nitrogens with one attached hydrogen (secondary N) is 1. The molecule has 1 heterocycles. The maximum absolute atomic E-state index is 14.4. The minimum atomic E-state index is -1.16. The van der Waals surface area contributed by atoms with E-state index >= 15 is 0 Å². The van der Waals surface area contributed by atoms with E-state index < -0.39 is 23.1 Å². The summed E-state index contributed by atoms with van der Waals surface area (Å²) in [4.78, 5) is 37.8. The molecular formula is C20H27FN2O5. The van der Waals surface area contributed by atoms with Gasteiger partial charge in [-0.2, -0.15) is 0 Å². The number of anilines is 1. The minimum Gasteiger partial charge on any atom is -0.481 e. The van der Waals surface area contributed by atoms with Gasteiger partial charge in [-0.25, -0.2) is 4.39 Å². The zero-order chi connectivity index (χ0) is 20.9. The quantitative estimate of drug-likeness (QED) is 0.741. The first-order valence-electron chi connectivity index (χ1n) is 9.29. The first-order valence-corrected chi connectivity index (χ1v) is 9.29. The Morgan fingerprint density at radius 3 is 2.64 bits per heavy atom. The summed E-state index contributed by atoms with van der Waals surface area (Å²) in [6.07, 6.45) is 1.20. The van der Waals surface area contributed by atoms with Crippen molar-refractivity contribution >= 4 is 23.5 Å². The summed E-state index contributed by atoms with van der Waals surface area (Å²) in [6, 6.07) is 3.86. The van der Waals surface area contributed by atoms with Crippen LogP contribution in [0.5, 0.6) is 0 Å². The summed E-state index contributed by atoms with van der Waals surface area (Å²) in [6.45, 7) is 4.17. The Morgan fingerprint density at radius 1 is 1.36 bits per heavy atom. The second kappa shape index (κ2) is 9.14. The van der Waals surface area contributed by atoms with Crippen molar-refractivity contribution in [2.75, 3.05) is 32.1 Å². The van der Waals surface area contributed by atoms with Crippen molar-refractivity contribution in [2.45, 2.75) is 33.1 Å². The molecule has 0 aliphatic carbocycles. The van der Waals surface area contributed by atoms with E-state index in [1.165, 1.54) is 24.1 Å². The molecule has 154 valence electrons. The number of carbonyl (C=O) groups is 3. The SMILES string of the molecule is COCC1(C(=O)O)CCCN(C(=O)c2ccc(NC(=O)CC(C)C)c(F)c2)C1. The highest BCUT2D eigenvalue weighted by Crippen LogP contribution is 2.32. The second-order valence-corrected chi connectivity index (χ2v) is 7.69. The van der Waals surface area contributed by atoms with Crippen LogP contribution in [0.2, 0.25) is 0 Å². The molecule has 1 fully saturated rings. The van der Waals surface area contributed by atoms with Crippen LogP contribution in [0.25, 0.3) is 0 Å². The lowest BCUT2D eigenvalue weighted by Crippen LogP contribution is -2.52. The van der Waals surface area contributed by atoms with Crippen LogP contribution < -0.4 is 5.32 Å². The average molecular weight is 394 g/mol. The van der Waals surface area contributed by atoms with E-state index in [4.69, 9.17) is 4.74 Å². The van der Waals surface area contributed by atoms with Gasteiger partial charge in [0.25, 0.3) is 5.91 Å². The number of hydrogen-bond donors (Lipinski definition) is 2. The number of benzene rings is 1. The molecule has 2 rings (SSSR count). The number of piperidine rings is 1. The maximum atomic E-state index is 14.4. The first-order chi connectivity index (χ1) is 13.2. The number of nitrogens with zero attached hydrogens (tertiary/aromatic N) is 1. The van der Waals surface area contributed by atoms with Gasteiger partial charge in [-0.05, 0) is 37.0 Å². The third kappa shape index (κ3) is 5.07. The van der Waals surface area contributed by atoms with E-state index in [-0.39, 0.29) is 42.6 Å². The maximum Gasteiger partial charge on any atom is 0.313 e. The molecule has 7 nitrogen and oxygen atoms in total. The number of hydrogen-bond acceptors (Lipinski definition) is 4. The first kappa shape index (κ1) is 21.8. The number of methoxy groups -OCH3 is 1. The van der Waals surface area contributed by atoms with E-state index in [9.17, 15) is 23.9 Å². The van der Waals surface area contributed by atoms with Gasteiger partial charge in [0.15, 0.2) is 0 Å². The number of carbonyl (C=O) groups excluding carboxylic acids is 2. The summed E-state index contributed by atoms with van der Waals surface area (Å²) < 4.78 is 19.4. The van der Waals surface area contributed by atoms with Gasteiger partial charge < -0.3 is 20.1 Å². The van der Waals surface area contributed by atoms with Gasteiger partial charge in [-0.15, -0.1) is 0 Å². The Kier molecular flexibility index (Phi) is 7.12. The van der Waals surface area contributed by atoms with Crippen molar-refractivity contribution in [1.82, 2.24) is 4.90 Å². The predicted octanol–water partition coefficient (Wildman–Crippen LogP) is 2.76. The van der Waals surface area contributed by atoms with E-state index in [1.54, 1.807) is 0 Å². The molecular weight excluding hydrogens is 367 g/mol. The van der Waals surface area contributed by atoms with Gasteiger partial charge in [0.1, 0.15) is 11.2 Å². The Morgan fingerprint density at radius 2 is 2.07 bits per heavy atom. The Hall–Kier alpha value is -2.48. The number of amides is 2. The topological polar surface area (TPSA) is 95.9 Å². The largest absolute Gasteiger partial charge is 0.481 e. The Labute approximate surface area is 163 Å². The van der Waals surface area contributed by atoms with Crippen molar-refractivity contribution < 1.29 is 28.6 Å². The molecule has 1 aliphatic rings. The lowest BCUT2D eigenvalue weighted by molar-refractivity contribution is -0.155. The van der Waals surface area contributed by atoms with Crippen LogP contribution in [0.3, 0.4) is 0 Å². The van der Waals surface area contributed by atoms with Crippen LogP contribution in [0.4, 0.5) is 10.1 Å². The Balaban J connectivity index is 2.14. The number of carboxylic acids is 1. The fourth-order valence-electron chi connectivity index (χ4n) is 3.44. The summed E-state index contributed by atoms with van der Waals surface area (Å²) in [5.41, 5.74) is -1.04. The third-order valence-electron chi connectivity index (χ3n) is 4.82.